The second-order valence-corrected chi connectivity index (χ2v) is 17.0. The van der Waals surface area contributed by atoms with E-state index >= 15 is 0 Å². The van der Waals surface area contributed by atoms with Crippen LogP contribution in [0.5, 0.6) is 0 Å². The van der Waals surface area contributed by atoms with Crippen molar-refractivity contribution in [1.29, 1.82) is 0 Å². The van der Waals surface area contributed by atoms with Gasteiger partial charge in [0.15, 0.2) is 0 Å². The third kappa shape index (κ3) is 6.21. The summed E-state index contributed by atoms with van der Waals surface area (Å²) in [6.45, 7) is 4.26. The first-order valence-corrected chi connectivity index (χ1v) is 18.8. The van der Waals surface area contributed by atoms with E-state index in [1.54, 1.807) is 38.5 Å². The van der Waals surface area contributed by atoms with Gasteiger partial charge in [-0.15, -0.1) is 0 Å². The zero-order chi connectivity index (χ0) is 18.0. The Bertz CT molecular complexity index is 313. The monoisotopic (exact) mass is 587 g/mol. The summed E-state index contributed by atoms with van der Waals surface area (Å²) < 4.78 is 0. The van der Waals surface area contributed by atoms with Crippen LogP contribution in [0.2, 0.25) is 0 Å². The Morgan fingerprint density at radius 2 is 0.960 bits per heavy atom. The maximum absolute atomic E-state index is 4.88. The van der Waals surface area contributed by atoms with E-state index in [9.17, 15) is 0 Å². The minimum absolute atomic E-state index is 0.472. The van der Waals surface area contributed by atoms with Crippen molar-refractivity contribution in [2.45, 2.75) is 113 Å². The van der Waals surface area contributed by atoms with Gasteiger partial charge in [0.1, 0.15) is 0 Å². The van der Waals surface area contributed by atoms with E-state index < -0.39 is 23.7 Å². The van der Waals surface area contributed by atoms with E-state index in [0.29, 0.717) is 0 Å². The summed E-state index contributed by atoms with van der Waals surface area (Å²) in [5, 5.41) is 0. The molecule has 152 valence electrons. The molecule has 3 fully saturated rings. The van der Waals surface area contributed by atoms with Crippen molar-refractivity contribution < 1.29 is 16.5 Å². The van der Waals surface area contributed by atoms with Gasteiger partial charge in [0.25, 0.3) is 0 Å². The van der Waals surface area contributed by atoms with Crippen molar-refractivity contribution in [3.8, 4) is 0 Å². The molecule has 0 spiro atoms. The summed E-state index contributed by atoms with van der Waals surface area (Å²) in [7, 11) is 8.54. The molecule has 4 heteroatoms. The maximum atomic E-state index is 4.88. The molecule has 0 N–H and O–H groups in total. The molecule has 0 aromatic heterocycles. The topological polar surface area (TPSA) is 0 Å². The Balaban J connectivity index is 0.000000701. The summed E-state index contributed by atoms with van der Waals surface area (Å²) >= 11 is -0.472. The Morgan fingerprint density at radius 3 is 1.20 bits per heavy atom. The van der Waals surface area contributed by atoms with Gasteiger partial charge < -0.3 is 0 Å². The summed E-state index contributed by atoms with van der Waals surface area (Å²) in [4.78, 5) is 0. The molecule has 0 atom stereocenters. The standard InChI is InChI=1S/C21H39P.2ClH.Pt/c1-2-18-22(19-12-6-3-7-13-19,20-14-8-4-9-15-20)21-16-10-5-11-17-21;;;/h2,19-22H,1,3-18H2;2*1H;/q;;;+2/p-2. The summed E-state index contributed by atoms with van der Waals surface area (Å²) in [6, 6.07) is 0. The predicted molar refractivity (Wildman–Crippen MR) is 116 cm³/mol. The molecular weight excluding hydrogens is 549 g/mol. The molecule has 3 rings (SSSR count). The van der Waals surface area contributed by atoms with Gasteiger partial charge in [-0.3, -0.25) is 0 Å². The zero-order valence-corrected chi connectivity index (χ0v) is 20.7. The molecule has 0 heterocycles. The van der Waals surface area contributed by atoms with Crippen molar-refractivity contribution in [1.82, 2.24) is 0 Å². The normalized spacial score (nSPS) is 25.2. The van der Waals surface area contributed by atoms with Gasteiger partial charge in [0.2, 0.25) is 0 Å². The van der Waals surface area contributed by atoms with E-state index in [1.165, 1.54) is 63.9 Å². The number of halogens is 2. The van der Waals surface area contributed by atoms with Crippen LogP contribution in [0.25, 0.3) is 0 Å². The third-order valence-corrected chi connectivity index (χ3v) is 14.9. The summed E-state index contributed by atoms with van der Waals surface area (Å²) in [6.07, 6.45) is 27.2. The quantitative estimate of drug-likeness (QED) is 0.224. The Labute approximate surface area is 174 Å². The predicted octanol–water partition coefficient (Wildman–Crippen LogP) is 8.30. The molecule has 3 aliphatic carbocycles. The number of hydrogen-bond acceptors (Lipinski definition) is 0. The van der Waals surface area contributed by atoms with Crippen LogP contribution in [0.4, 0.5) is 0 Å². The molecule has 0 aromatic rings. The van der Waals surface area contributed by atoms with Crippen molar-refractivity contribution in [2.75, 3.05) is 6.16 Å². The van der Waals surface area contributed by atoms with E-state index in [0.717, 1.165) is 17.0 Å². The molecule has 0 aliphatic heterocycles. The fourth-order valence-electron chi connectivity index (χ4n) is 6.67. The molecular formula is C21H39Cl2PPt. The van der Waals surface area contributed by atoms with Crippen molar-refractivity contribution in [3.05, 3.63) is 12.7 Å². The van der Waals surface area contributed by atoms with Crippen molar-refractivity contribution in [3.63, 3.8) is 0 Å². The molecule has 0 aromatic carbocycles. The fraction of sp³-hybridized carbons (Fsp3) is 0.905. The van der Waals surface area contributed by atoms with Gasteiger partial charge in [0.05, 0.1) is 0 Å². The van der Waals surface area contributed by atoms with Gasteiger partial charge >= 0.3 is 175 Å². The second kappa shape index (κ2) is 12.8. The van der Waals surface area contributed by atoms with Gasteiger partial charge in [-0.1, -0.05) is 0 Å². The van der Waals surface area contributed by atoms with Crippen LogP contribution in [-0.2, 0) is 16.5 Å². The molecule has 0 nitrogen and oxygen atoms in total. The average molecular weight is 589 g/mol. The van der Waals surface area contributed by atoms with Crippen LogP contribution in [-0.4, -0.2) is 23.1 Å². The van der Waals surface area contributed by atoms with Gasteiger partial charge in [-0.05, 0) is 0 Å². The molecule has 25 heavy (non-hydrogen) atoms. The molecule has 3 aliphatic rings. The van der Waals surface area contributed by atoms with Gasteiger partial charge in [-0.25, -0.2) is 0 Å². The van der Waals surface area contributed by atoms with Crippen molar-refractivity contribution in [2.24, 2.45) is 0 Å². The minimum atomic E-state index is -1.21. The van der Waals surface area contributed by atoms with Crippen LogP contribution in [0, 0.1) is 0 Å². The fourth-order valence-corrected chi connectivity index (χ4v) is 14.6. The molecule has 0 amide bonds. The second-order valence-electron chi connectivity index (χ2n) is 8.66. The Hall–Kier alpha value is 1.44. The van der Waals surface area contributed by atoms with E-state index in [1.807, 2.05) is 0 Å². The SMILES string of the molecule is C=CC[PH](C1CCCCC1)(C1CCCCC1)C1CCCCC1.[Cl][Pt][Cl]. The van der Waals surface area contributed by atoms with Crippen LogP contribution in [0.15, 0.2) is 12.7 Å². The van der Waals surface area contributed by atoms with E-state index in [4.69, 9.17) is 18.8 Å². The van der Waals surface area contributed by atoms with E-state index in [2.05, 4.69) is 12.7 Å². The number of rotatable bonds is 5. The molecule has 0 unspecified atom stereocenters. The third-order valence-electron chi connectivity index (χ3n) is 7.59. The number of hydrogen-bond donors (Lipinski definition) is 0. The van der Waals surface area contributed by atoms with Gasteiger partial charge in [0, 0.05) is 0 Å². The first-order chi connectivity index (χ1) is 12.3. The number of allylic oxidation sites excluding steroid dienone is 1. The molecule has 0 radical (unpaired) electrons. The van der Waals surface area contributed by atoms with Crippen molar-refractivity contribution >= 4 is 26.1 Å². The van der Waals surface area contributed by atoms with Crippen LogP contribution < -0.4 is 0 Å². The van der Waals surface area contributed by atoms with Crippen LogP contribution >= 0.6 is 26.1 Å². The first-order valence-electron chi connectivity index (χ1n) is 10.7. The average Bonchev–Trinajstić information content (AvgIpc) is 2.69. The Morgan fingerprint density at radius 1 is 0.680 bits per heavy atom. The zero-order valence-electron chi connectivity index (χ0n) is 15.9. The summed E-state index contributed by atoms with van der Waals surface area (Å²) in [5.74, 6) is 0. The molecule has 3 saturated carbocycles. The first kappa shape index (κ1) is 22.7. The summed E-state index contributed by atoms with van der Waals surface area (Å²) in [5.41, 5.74) is 3.47. The van der Waals surface area contributed by atoms with E-state index in [-0.39, 0.29) is 0 Å². The van der Waals surface area contributed by atoms with Gasteiger partial charge in [-0.2, -0.15) is 0 Å². The van der Waals surface area contributed by atoms with Crippen LogP contribution in [0.3, 0.4) is 0 Å². The van der Waals surface area contributed by atoms with Crippen LogP contribution in [0.1, 0.15) is 96.3 Å². The molecule has 0 saturated heterocycles. The Kier molecular flexibility index (Phi) is 11.6. The molecule has 0 bridgehead atoms.